The van der Waals surface area contributed by atoms with Crippen molar-refractivity contribution in [2.75, 3.05) is 18.8 Å². The van der Waals surface area contributed by atoms with Gasteiger partial charge in [-0.15, -0.1) is 6.42 Å². The molecule has 18 heavy (non-hydrogen) atoms. The van der Waals surface area contributed by atoms with Gasteiger partial charge in [0.15, 0.2) is 0 Å². The summed E-state index contributed by atoms with van der Waals surface area (Å²) >= 11 is 0. The molecule has 0 saturated carbocycles. The molecule has 5 nitrogen and oxygen atoms in total. The van der Waals surface area contributed by atoms with Crippen LogP contribution >= 0.6 is 0 Å². The number of anilines is 1. The third-order valence-electron chi connectivity index (χ3n) is 2.33. The Balaban J connectivity index is 3.05. The third kappa shape index (κ3) is 3.25. The standard InChI is InChI=1S/C13H14N2O3/c1-3-6-15(8-12(16)17)13(18)10-7-9(2)4-5-11(10)14/h1,4-5,7H,6,8,14H2,2H3,(H,16,17). The van der Waals surface area contributed by atoms with Gasteiger partial charge in [-0.05, 0) is 19.1 Å². The van der Waals surface area contributed by atoms with Gasteiger partial charge in [-0.1, -0.05) is 17.6 Å². The first-order valence-corrected chi connectivity index (χ1v) is 5.26. The van der Waals surface area contributed by atoms with E-state index < -0.39 is 18.4 Å². The van der Waals surface area contributed by atoms with E-state index in [2.05, 4.69) is 5.92 Å². The van der Waals surface area contributed by atoms with Gasteiger partial charge in [0.1, 0.15) is 6.54 Å². The van der Waals surface area contributed by atoms with E-state index >= 15 is 0 Å². The van der Waals surface area contributed by atoms with Crippen LogP contribution < -0.4 is 5.73 Å². The fourth-order valence-corrected chi connectivity index (χ4v) is 1.50. The summed E-state index contributed by atoms with van der Waals surface area (Å²) in [6.07, 6.45) is 5.12. The molecule has 0 saturated heterocycles. The van der Waals surface area contributed by atoms with Crippen molar-refractivity contribution >= 4 is 17.6 Å². The molecular formula is C13H14N2O3. The van der Waals surface area contributed by atoms with Gasteiger partial charge in [0.25, 0.3) is 5.91 Å². The monoisotopic (exact) mass is 246 g/mol. The van der Waals surface area contributed by atoms with E-state index in [9.17, 15) is 9.59 Å². The number of rotatable bonds is 4. The van der Waals surface area contributed by atoms with Crippen LogP contribution in [0.15, 0.2) is 18.2 Å². The minimum Gasteiger partial charge on any atom is -0.480 e. The Morgan fingerprint density at radius 3 is 2.72 bits per heavy atom. The summed E-state index contributed by atoms with van der Waals surface area (Å²) in [5.41, 5.74) is 7.15. The molecule has 0 aromatic heterocycles. The van der Waals surface area contributed by atoms with Gasteiger partial charge in [-0.25, -0.2) is 0 Å². The normalized spacial score (nSPS) is 9.56. The molecule has 5 heteroatoms. The fraction of sp³-hybridized carbons (Fsp3) is 0.231. The molecule has 0 spiro atoms. The van der Waals surface area contributed by atoms with Crippen molar-refractivity contribution < 1.29 is 14.7 Å². The highest BCUT2D eigenvalue weighted by atomic mass is 16.4. The molecule has 0 radical (unpaired) electrons. The van der Waals surface area contributed by atoms with E-state index in [1.807, 2.05) is 6.92 Å². The molecule has 0 unspecified atom stereocenters. The molecule has 0 heterocycles. The van der Waals surface area contributed by atoms with Crippen molar-refractivity contribution in [1.29, 1.82) is 0 Å². The second-order valence-corrected chi connectivity index (χ2v) is 3.85. The molecule has 0 atom stereocenters. The van der Waals surface area contributed by atoms with E-state index in [0.29, 0.717) is 5.69 Å². The smallest absolute Gasteiger partial charge is 0.323 e. The Morgan fingerprint density at radius 2 is 2.17 bits per heavy atom. The second kappa shape index (κ2) is 5.73. The molecular weight excluding hydrogens is 232 g/mol. The molecule has 0 fully saturated rings. The minimum atomic E-state index is -1.12. The van der Waals surface area contributed by atoms with Gasteiger partial charge in [0.2, 0.25) is 0 Å². The largest absolute Gasteiger partial charge is 0.480 e. The summed E-state index contributed by atoms with van der Waals surface area (Å²) in [5, 5.41) is 8.74. The van der Waals surface area contributed by atoms with Crippen molar-refractivity contribution in [1.82, 2.24) is 4.90 Å². The minimum absolute atomic E-state index is 0.0709. The molecule has 1 amide bonds. The van der Waals surface area contributed by atoms with Gasteiger partial charge in [-0.2, -0.15) is 0 Å². The van der Waals surface area contributed by atoms with Crippen molar-refractivity contribution in [2.45, 2.75) is 6.92 Å². The first kappa shape index (κ1) is 13.6. The van der Waals surface area contributed by atoms with Crippen molar-refractivity contribution in [3.8, 4) is 12.3 Å². The van der Waals surface area contributed by atoms with E-state index in [0.717, 1.165) is 10.5 Å². The number of nitrogens with two attached hydrogens (primary N) is 1. The average Bonchev–Trinajstić information content (AvgIpc) is 2.30. The lowest BCUT2D eigenvalue weighted by Gasteiger charge is -2.19. The number of carbonyl (C=O) groups is 2. The molecule has 3 N–H and O–H groups in total. The SMILES string of the molecule is C#CCN(CC(=O)O)C(=O)c1cc(C)ccc1N. The van der Waals surface area contributed by atoms with Crippen LogP contribution in [0.2, 0.25) is 0 Å². The summed E-state index contributed by atoms with van der Waals surface area (Å²) in [7, 11) is 0. The Morgan fingerprint density at radius 1 is 1.50 bits per heavy atom. The van der Waals surface area contributed by atoms with Gasteiger partial charge >= 0.3 is 5.97 Å². The number of aliphatic carboxylic acids is 1. The number of carbonyl (C=O) groups excluding carboxylic acids is 1. The maximum absolute atomic E-state index is 12.1. The van der Waals surface area contributed by atoms with E-state index in [4.69, 9.17) is 17.3 Å². The van der Waals surface area contributed by atoms with Crippen LogP contribution in [0.1, 0.15) is 15.9 Å². The van der Waals surface area contributed by atoms with Gasteiger partial charge in [0, 0.05) is 5.69 Å². The zero-order valence-corrected chi connectivity index (χ0v) is 10.0. The Hall–Kier alpha value is -2.48. The number of nitrogens with zero attached hydrogens (tertiary/aromatic N) is 1. The Bertz CT molecular complexity index is 517. The third-order valence-corrected chi connectivity index (χ3v) is 2.33. The molecule has 94 valence electrons. The average molecular weight is 246 g/mol. The van der Waals surface area contributed by atoms with E-state index in [-0.39, 0.29) is 12.1 Å². The summed E-state index contributed by atoms with van der Waals surface area (Å²) in [6, 6.07) is 5.00. The van der Waals surface area contributed by atoms with Gasteiger partial charge in [-0.3, -0.25) is 9.59 Å². The lowest BCUT2D eigenvalue weighted by Crippen LogP contribution is -2.36. The maximum Gasteiger partial charge on any atom is 0.323 e. The zero-order valence-electron chi connectivity index (χ0n) is 10.0. The number of carboxylic acids is 1. The number of terminal acetylenes is 1. The number of amides is 1. The lowest BCUT2D eigenvalue weighted by atomic mass is 10.1. The summed E-state index contributed by atoms with van der Waals surface area (Å²) in [4.78, 5) is 23.9. The van der Waals surface area contributed by atoms with Crippen LogP contribution in [0.5, 0.6) is 0 Å². The van der Waals surface area contributed by atoms with Gasteiger partial charge in [0.05, 0.1) is 12.1 Å². The molecule has 0 aliphatic rings. The summed E-state index contributed by atoms with van der Waals surface area (Å²) < 4.78 is 0. The van der Waals surface area contributed by atoms with Crippen LogP contribution in [0.3, 0.4) is 0 Å². The van der Waals surface area contributed by atoms with E-state index in [1.54, 1.807) is 18.2 Å². The van der Waals surface area contributed by atoms with Crippen molar-refractivity contribution in [3.05, 3.63) is 29.3 Å². The van der Waals surface area contributed by atoms with Gasteiger partial charge < -0.3 is 15.7 Å². The molecule has 0 aliphatic carbocycles. The summed E-state index contributed by atoms with van der Waals surface area (Å²) in [5.74, 6) is 0.663. The maximum atomic E-state index is 12.1. The number of hydrogen-bond donors (Lipinski definition) is 2. The first-order valence-electron chi connectivity index (χ1n) is 5.26. The van der Waals surface area contributed by atoms with Crippen LogP contribution in [0.25, 0.3) is 0 Å². The quantitative estimate of drug-likeness (QED) is 0.606. The fourth-order valence-electron chi connectivity index (χ4n) is 1.50. The highest BCUT2D eigenvalue weighted by Crippen LogP contribution is 2.16. The second-order valence-electron chi connectivity index (χ2n) is 3.85. The number of nitrogen functional groups attached to an aromatic ring is 1. The zero-order chi connectivity index (χ0) is 13.7. The number of benzene rings is 1. The molecule has 0 bridgehead atoms. The van der Waals surface area contributed by atoms with Crippen LogP contribution in [-0.4, -0.2) is 35.0 Å². The predicted molar refractivity (Wildman–Crippen MR) is 68.0 cm³/mol. The van der Waals surface area contributed by atoms with Crippen LogP contribution in [0.4, 0.5) is 5.69 Å². The van der Waals surface area contributed by atoms with E-state index in [1.165, 1.54) is 0 Å². The Kier molecular flexibility index (Phi) is 4.33. The first-order chi connectivity index (χ1) is 8.45. The van der Waals surface area contributed by atoms with Crippen molar-refractivity contribution in [3.63, 3.8) is 0 Å². The molecule has 1 aromatic rings. The summed E-state index contributed by atoms with van der Waals surface area (Å²) in [6.45, 7) is 1.30. The predicted octanol–water partition coefficient (Wildman–Crippen LogP) is 0.737. The topological polar surface area (TPSA) is 83.6 Å². The molecule has 0 aliphatic heterocycles. The number of aryl methyl sites for hydroxylation is 1. The number of carboxylic acid groups (broad SMARTS) is 1. The number of hydrogen-bond acceptors (Lipinski definition) is 3. The molecule has 1 rings (SSSR count). The molecule has 1 aromatic carbocycles. The van der Waals surface area contributed by atoms with Crippen molar-refractivity contribution in [2.24, 2.45) is 0 Å². The van der Waals surface area contributed by atoms with Crippen LogP contribution in [-0.2, 0) is 4.79 Å². The highest BCUT2D eigenvalue weighted by molar-refractivity contribution is 6.00. The lowest BCUT2D eigenvalue weighted by molar-refractivity contribution is -0.137. The highest BCUT2D eigenvalue weighted by Gasteiger charge is 2.19. The van der Waals surface area contributed by atoms with Crippen LogP contribution in [0, 0.1) is 19.3 Å². The Labute approximate surface area is 105 Å².